The zero-order valence-electron chi connectivity index (χ0n) is 12.0. The summed E-state index contributed by atoms with van der Waals surface area (Å²) in [4.78, 5) is 11.8. The fraction of sp³-hybridized carbons (Fsp3) is 0.167. The van der Waals surface area contributed by atoms with Crippen molar-refractivity contribution < 1.29 is 9.90 Å². The van der Waals surface area contributed by atoms with Crippen molar-refractivity contribution in [2.75, 3.05) is 0 Å². The summed E-state index contributed by atoms with van der Waals surface area (Å²) in [6.07, 6.45) is 1.86. The van der Waals surface area contributed by atoms with E-state index in [4.69, 9.17) is 0 Å². The first-order valence-electron chi connectivity index (χ1n) is 6.61. The first-order valence-corrected chi connectivity index (χ1v) is 6.61. The molecule has 102 valence electrons. The summed E-state index contributed by atoms with van der Waals surface area (Å²) in [5.74, 6) is -0.0787. The van der Waals surface area contributed by atoms with Crippen molar-refractivity contribution in [3.8, 4) is 0 Å². The number of carbonyl (C=O) groups is 1. The van der Waals surface area contributed by atoms with E-state index in [-0.39, 0.29) is 11.5 Å². The molecule has 2 nitrogen and oxygen atoms in total. The van der Waals surface area contributed by atoms with E-state index in [1.165, 1.54) is 6.92 Å². The maximum absolute atomic E-state index is 11.8. The minimum atomic E-state index is -0.133. The molecule has 0 aliphatic carbocycles. The van der Waals surface area contributed by atoms with Crippen LogP contribution in [-0.4, -0.2) is 10.9 Å². The maximum Gasteiger partial charge on any atom is 0.163 e. The van der Waals surface area contributed by atoms with Crippen molar-refractivity contribution in [1.82, 2.24) is 0 Å². The van der Waals surface area contributed by atoms with E-state index in [0.717, 1.165) is 21.9 Å². The zero-order valence-corrected chi connectivity index (χ0v) is 12.0. The van der Waals surface area contributed by atoms with Crippen molar-refractivity contribution in [2.45, 2.75) is 20.8 Å². The Balaban J connectivity index is 2.61. The second-order valence-corrected chi connectivity index (χ2v) is 4.78. The van der Waals surface area contributed by atoms with Crippen LogP contribution < -0.4 is 0 Å². The van der Waals surface area contributed by atoms with Gasteiger partial charge < -0.3 is 5.11 Å². The second-order valence-electron chi connectivity index (χ2n) is 4.78. The minimum absolute atomic E-state index is 0.0544. The smallest absolute Gasteiger partial charge is 0.163 e. The van der Waals surface area contributed by atoms with Gasteiger partial charge in [-0.25, -0.2) is 0 Å². The lowest BCUT2D eigenvalue weighted by Crippen LogP contribution is -2.03. The number of aliphatic hydroxyl groups excluding tert-OH is 1. The van der Waals surface area contributed by atoms with E-state index in [1.807, 2.05) is 55.5 Å². The number of allylic oxidation sites excluding steroid dienone is 4. The molecule has 2 heteroatoms. The van der Waals surface area contributed by atoms with Crippen LogP contribution in [-0.2, 0) is 4.79 Å². The van der Waals surface area contributed by atoms with Crippen LogP contribution in [0.3, 0.4) is 0 Å². The molecule has 0 radical (unpaired) electrons. The predicted octanol–water partition coefficient (Wildman–Crippen LogP) is 4.66. The molecule has 0 amide bonds. The highest BCUT2D eigenvalue weighted by Gasteiger charge is 2.15. The first kappa shape index (κ1) is 14.1. The van der Waals surface area contributed by atoms with Crippen LogP contribution in [0.2, 0.25) is 0 Å². The maximum atomic E-state index is 11.8. The summed E-state index contributed by atoms with van der Waals surface area (Å²) in [5.41, 5.74) is 2.08. The van der Waals surface area contributed by atoms with Gasteiger partial charge in [-0.05, 0) is 48.7 Å². The van der Waals surface area contributed by atoms with Gasteiger partial charge in [0, 0.05) is 0 Å². The summed E-state index contributed by atoms with van der Waals surface area (Å²) < 4.78 is 0. The average molecular weight is 266 g/mol. The number of aliphatic hydroxyl groups is 1. The van der Waals surface area contributed by atoms with Gasteiger partial charge in [-0.15, -0.1) is 0 Å². The molecule has 0 spiro atoms. The van der Waals surface area contributed by atoms with Crippen molar-refractivity contribution in [1.29, 1.82) is 0 Å². The standard InChI is InChI=1S/C18H18O2/c1-4-17(18(12(2)19)13(3)20)16-10-9-14-7-5-6-8-15(14)11-16/h4-11,19H,1-3H3/b17-4+,18-12+. The van der Waals surface area contributed by atoms with Gasteiger partial charge in [-0.1, -0.05) is 42.5 Å². The second kappa shape index (κ2) is 5.74. The number of carbonyl (C=O) groups excluding carboxylic acids is 1. The normalized spacial score (nSPS) is 13.2. The van der Waals surface area contributed by atoms with Crippen molar-refractivity contribution in [3.63, 3.8) is 0 Å². The summed E-state index contributed by atoms with van der Waals surface area (Å²) in [6, 6.07) is 14.1. The highest BCUT2D eigenvalue weighted by molar-refractivity contribution is 6.10. The number of hydrogen-bond donors (Lipinski definition) is 1. The molecule has 0 aromatic heterocycles. The van der Waals surface area contributed by atoms with Crippen molar-refractivity contribution >= 4 is 22.1 Å². The van der Waals surface area contributed by atoms with Crippen LogP contribution in [0.5, 0.6) is 0 Å². The van der Waals surface area contributed by atoms with E-state index in [0.29, 0.717) is 5.57 Å². The van der Waals surface area contributed by atoms with Crippen molar-refractivity contribution in [3.05, 3.63) is 65.4 Å². The highest BCUT2D eigenvalue weighted by Crippen LogP contribution is 2.28. The lowest BCUT2D eigenvalue weighted by atomic mass is 9.92. The third-order valence-corrected chi connectivity index (χ3v) is 3.33. The summed E-state index contributed by atoms with van der Waals surface area (Å²) in [7, 11) is 0. The number of ketones is 1. The lowest BCUT2D eigenvalue weighted by molar-refractivity contribution is -0.113. The molecule has 0 saturated heterocycles. The molecule has 0 atom stereocenters. The number of Topliss-reactive ketones (excluding diaryl/α,β-unsaturated/α-hetero) is 1. The Hall–Kier alpha value is -2.35. The molecule has 0 fully saturated rings. The lowest BCUT2D eigenvalue weighted by Gasteiger charge is -2.12. The molecule has 0 aliphatic heterocycles. The van der Waals surface area contributed by atoms with Crippen molar-refractivity contribution in [2.24, 2.45) is 0 Å². The van der Waals surface area contributed by atoms with E-state index < -0.39 is 0 Å². The Morgan fingerprint density at radius 2 is 1.70 bits per heavy atom. The molecule has 1 N–H and O–H groups in total. The van der Waals surface area contributed by atoms with Crippen LogP contribution >= 0.6 is 0 Å². The number of rotatable bonds is 3. The predicted molar refractivity (Wildman–Crippen MR) is 83.6 cm³/mol. The molecule has 0 unspecified atom stereocenters. The number of hydrogen-bond acceptors (Lipinski definition) is 2. The molecule has 2 aromatic rings. The summed E-state index contributed by atoms with van der Waals surface area (Å²) in [6.45, 7) is 4.89. The SMILES string of the molecule is C/C=C(/C(C(C)=O)=C(\C)O)c1ccc2ccccc2c1. The Morgan fingerprint density at radius 3 is 2.25 bits per heavy atom. The van der Waals surface area contributed by atoms with Gasteiger partial charge in [-0.3, -0.25) is 4.79 Å². The van der Waals surface area contributed by atoms with Crippen LogP contribution in [0.1, 0.15) is 26.3 Å². The Bertz CT molecular complexity index is 717. The van der Waals surface area contributed by atoms with Crippen LogP contribution in [0.4, 0.5) is 0 Å². The zero-order chi connectivity index (χ0) is 14.7. The number of fused-ring (bicyclic) bond motifs is 1. The fourth-order valence-corrected chi connectivity index (χ4v) is 2.45. The highest BCUT2D eigenvalue weighted by atomic mass is 16.3. The summed E-state index contributed by atoms with van der Waals surface area (Å²) in [5, 5.41) is 12.0. The van der Waals surface area contributed by atoms with E-state index in [9.17, 15) is 9.90 Å². The third kappa shape index (κ3) is 2.64. The molecule has 0 bridgehead atoms. The van der Waals surface area contributed by atoms with Gasteiger partial charge in [0.05, 0.1) is 5.57 Å². The quantitative estimate of drug-likeness (QED) is 0.498. The Labute approximate surface area is 119 Å². The average Bonchev–Trinajstić information content (AvgIpc) is 2.43. The monoisotopic (exact) mass is 266 g/mol. The minimum Gasteiger partial charge on any atom is -0.512 e. The molecular weight excluding hydrogens is 248 g/mol. The van der Waals surface area contributed by atoms with Crippen LogP contribution in [0, 0.1) is 0 Å². The van der Waals surface area contributed by atoms with Gasteiger partial charge >= 0.3 is 0 Å². The fourth-order valence-electron chi connectivity index (χ4n) is 2.45. The van der Waals surface area contributed by atoms with Gasteiger partial charge in [0.25, 0.3) is 0 Å². The molecule has 20 heavy (non-hydrogen) atoms. The topological polar surface area (TPSA) is 37.3 Å². The van der Waals surface area contributed by atoms with Gasteiger partial charge in [-0.2, -0.15) is 0 Å². The Kier molecular flexibility index (Phi) is 4.04. The molecule has 0 aliphatic rings. The van der Waals surface area contributed by atoms with Gasteiger partial charge in [0.2, 0.25) is 0 Å². The Morgan fingerprint density at radius 1 is 1.05 bits per heavy atom. The molecule has 0 saturated carbocycles. The van der Waals surface area contributed by atoms with Gasteiger partial charge in [0.1, 0.15) is 5.76 Å². The van der Waals surface area contributed by atoms with E-state index >= 15 is 0 Å². The van der Waals surface area contributed by atoms with Crippen LogP contribution in [0.25, 0.3) is 16.3 Å². The molecular formula is C18H18O2. The third-order valence-electron chi connectivity index (χ3n) is 3.33. The molecule has 2 rings (SSSR count). The first-order chi connectivity index (χ1) is 9.54. The van der Waals surface area contributed by atoms with E-state index in [2.05, 4.69) is 0 Å². The molecule has 0 heterocycles. The van der Waals surface area contributed by atoms with E-state index in [1.54, 1.807) is 6.92 Å². The van der Waals surface area contributed by atoms with Gasteiger partial charge in [0.15, 0.2) is 5.78 Å². The van der Waals surface area contributed by atoms with Crippen LogP contribution in [0.15, 0.2) is 59.9 Å². The number of benzene rings is 2. The largest absolute Gasteiger partial charge is 0.512 e. The molecule has 2 aromatic carbocycles. The summed E-state index contributed by atoms with van der Waals surface area (Å²) >= 11 is 0.